The monoisotopic (exact) mass is 476 g/mol. The zero-order valence-electron chi connectivity index (χ0n) is 19.8. The maximum atomic E-state index is 5.32. The van der Waals surface area contributed by atoms with Crippen LogP contribution in [0.1, 0.15) is 42.6 Å². The second-order valence-corrected chi connectivity index (χ2v) is 9.55. The summed E-state index contributed by atoms with van der Waals surface area (Å²) in [5.41, 5.74) is 6.85. The minimum atomic E-state index is 0.130. The molecule has 0 amide bonds. The van der Waals surface area contributed by atoms with E-state index in [-0.39, 0.29) is 6.04 Å². The summed E-state index contributed by atoms with van der Waals surface area (Å²) in [5, 5.41) is 4.37. The molecule has 1 N–H and O–H groups in total. The van der Waals surface area contributed by atoms with Gasteiger partial charge >= 0.3 is 0 Å². The fourth-order valence-electron chi connectivity index (χ4n) is 4.22. The Labute approximate surface area is 211 Å². The molecule has 0 saturated heterocycles. The molecule has 1 aliphatic heterocycles. The summed E-state index contributed by atoms with van der Waals surface area (Å²) in [4.78, 5) is 14.7. The number of benzene rings is 3. The molecule has 3 aromatic carbocycles. The lowest BCUT2D eigenvalue weighted by atomic mass is 9.99. The van der Waals surface area contributed by atoms with Crippen LogP contribution in [-0.4, -0.2) is 15.0 Å². The molecule has 5 rings (SSSR count). The molecule has 1 aromatic heterocycles. The first-order valence-electron chi connectivity index (χ1n) is 11.9. The second-order valence-electron chi connectivity index (χ2n) is 8.59. The molecule has 35 heavy (non-hydrogen) atoms. The molecule has 1 atom stereocenters. The lowest BCUT2D eigenvalue weighted by Gasteiger charge is -2.15. The van der Waals surface area contributed by atoms with Crippen LogP contribution in [0.5, 0.6) is 0 Å². The minimum absolute atomic E-state index is 0.130. The van der Waals surface area contributed by atoms with Crippen LogP contribution in [-0.2, 0) is 5.75 Å². The van der Waals surface area contributed by atoms with Crippen LogP contribution in [0.3, 0.4) is 0 Å². The van der Waals surface area contributed by atoms with Gasteiger partial charge < -0.3 is 5.32 Å². The van der Waals surface area contributed by atoms with Crippen molar-refractivity contribution >= 4 is 34.0 Å². The van der Waals surface area contributed by atoms with Gasteiger partial charge in [0.1, 0.15) is 5.04 Å². The normalized spacial score (nSPS) is 15.9. The van der Waals surface area contributed by atoms with Crippen LogP contribution in [0, 0.1) is 0 Å². The SMILES string of the molecule is CC1=C(c2ccnc(Nc3ccccc3)n2)C(SCc2ccccc2)=NC(c2ccccc2)CC1. The maximum Gasteiger partial charge on any atom is 0.227 e. The number of anilines is 2. The van der Waals surface area contributed by atoms with E-state index < -0.39 is 0 Å². The summed E-state index contributed by atoms with van der Waals surface area (Å²) in [7, 11) is 0. The second kappa shape index (κ2) is 11.2. The number of aromatic nitrogens is 2. The van der Waals surface area contributed by atoms with Crippen molar-refractivity contribution in [2.75, 3.05) is 5.32 Å². The maximum absolute atomic E-state index is 5.32. The van der Waals surface area contributed by atoms with Crippen LogP contribution >= 0.6 is 11.8 Å². The smallest absolute Gasteiger partial charge is 0.227 e. The first kappa shape index (κ1) is 23.1. The molecule has 0 radical (unpaired) electrons. The Bertz CT molecular complexity index is 1320. The summed E-state index contributed by atoms with van der Waals surface area (Å²) in [6.45, 7) is 2.22. The van der Waals surface area contributed by atoms with Crippen molar-refractivity contribution in [1.29, 1.82) is 0 Å². The molecule has 4 aromatic rings. The van der Waals surface area contributed by atoms with Gasteiger partial charge in [0.05, 0.1) is 11.7 Å². The van der Waals surface area contributed by atoms with Crippen LogP contribution in [0.15, 0.2) is 114 Å². The number of rotatable bonds is 6. The van der Waals surface area contributed by atoms with Crippen molar-refractivity contribution in [3.63, 3.8) is 0 Å². The highest BCUT2D eigenvalue weighted by molar-refractivity contribution is 8.14. The predicted octanol–water partition coefficient (Wildman–Crippen LogP) is 7.86. The van der Waals surface area contributed by atoms with Gasteiger partial charge in [-0.2, -0.15) is 0 Å². The first-order chi connectivity index (χ1) is 17.3. The van der Waals surface area contributed by atoms with Gasteiger partial charge in [0.15, 0.2) is 0 Å². The molecular formula is C30H28N4S. The van der Waals surface area contributed by atoms with Gasteiger partial charge in [-0.3, -0.25) is 4.99 Å². The van der Waals surface area contributed by atoms with Crippen LogP contribution in [0.25, 0.3) is 5.57 Å². The Morgan fingerprint density at radius 1 is 0.857 bits per heavy atom. The first-order valence-corrected chi connectivity index (χ1v) is 12.9. The van der Waals surface area contributed by atoms with Crippen LogP contribution < -0.4 is 5.32 Å². The van der Waals surface area contributed by atoms with E-state index in [0.29, 0.717) is 5.95 Å². The third-order valence-corrected chi connectivity index (χ3v) is 7.11. The van der Waals surface area contributed by atoms with Gasteiger partial charge in [0.2, 0.25) is 5.95 Å². The number of allylic oxidation sites excluding steroid dienone is 1. The third kappa shape index (κ3) is 5.87. The van der Waals surface area contributed by atoms with Gasteiger partial charge in [-0.15, -0.1) is 11.8 Å². The molecule has 1 unspecified atom stereocenters. The van der Waals surface area contributed by atoms with Crippen LogP contribution in [0.4, 0.5) is 11.6 Å². The molecule has 4 nitrogen and oxygen atoms in total. The largest absolute Gasteiger partial charge is 0.324 e. The number of thioether (sulfide) groups is 1. The summed E-state index contributed by atoms with van der Waals surface area (Å²) in [6, 6.07) is 33.3. The molecule has 174 valence electrons. The molecule has 0 saturated carbocycles. The van der Waals surface area contributed by atoms with E-state index in [0.717, 1.165) is 40.6 Å². The Hall–Kier alpha value is -3.70. The highest BCUT2D eigenvalue weighted by atomic mass is 32.2. The third-order valence-electron chi connectivity index (χ3n) is 6.05. The Balaban J connectivity index is 1.50. The number of hydrogen-bond donors (Lipinski definition) is 1. The molecule has 1 aliphatic rings. The zero-order valence-corrected chi connectivity index (χ0v) is 20.6. The van der Waals surface area contributed by atoms with E-state index >= 15 is 0 Å². The molecule has 0 spiro atoms. The van der Waals surface area contributed by atoms with Gasteiger partial charge in [-0.1, -0.05) is 84.4 Å². The van der Waals surface area contributed by atoms with Gasteiger partial charge in [-0.05, 0) is 49.1 Å². The highest BCUT2D eigenvalue weighted by Crippen LogP contribution is 2.37. The highest BCUT2D eigenvalue weighted by Gasteiger charge is 2.23. The van der Waals surface area contributed by atoms with Gasteiger partial charge in [0.25, 0.3) is 0 Å². The molecule has 5 heteroatoms. The fourth-order valence-corrected chi connectivity index (χ4v) is 5.34. The number of hydrogen-bond acceptors (Lipinski definition) is 5. The van der Waals surface area contributed by atoms with E-state index in [4.69, 9.17) is 9.98 Å². The van der Waals surface area contributed by atoms with Crippen LogP contribution in [0.2, 0.25) is 0 Å². The van der Waals surface area contributed by atoms with Crippen molar-refractivity contribution in [3.05, 3.63) is 126 Å². The lowest BCUT2D eigenvalue weighted by Crippen LogP contribution is -2.06. The van der Waals surface area contributed by atoms with Crippen molar-refractivity contribution in [2.45, 2.75) is 31.6 Å². The Morgan fingerprint density at radius 2 is 1.54 bits per heavy atom. The Kier molecular flexibility index (Phi) is 7.35. The number of nitrogens with zero attached hydrogens (tertiary/aromatic N) is 3. The fraction of sp³-hybridized carbons (Fsp3) is 0.167. The zero-order chi connectivity index (χ0) is 23.9. The van der Waals surface area contributed by atoms with E-state index in [9.17, 15) is 0 Å². The molecular weight excluding hydrogens is 448 g/mol. The van der Waals surface area contributed by atoms with Gasteiger partial charge in [0, 0.05) is 23.2 Å². The van der Waals surface area contributed by atoms with E-state index in [1.807, 2.05) is 42.6 Å². The minimum Gasteiger partial charge on any atom is -0.324 e. The average molecular weight is 477 g/mol. The Morgan fingerprint density at radius 3 is 2.29 bits per heavy atom. The van der Waals surface area contributed by atoms with Crippen molar-refractivity contribution in [3.8, 4) is 0 Å². The molecule has 0 fully saturated rings. The topological polar surface area (TPSA) is 50.2 Å². The molecule has 0 bridgehead atoms. The van der Waals surface area contributed by atoms with Gasteiger partial charge in [-0.25, -0.2) is 9.97 Å². The van der Waals surface area contributed by atoms with Crippen molar-refractivity contribution in [1.82, 2.24) is 9.97 Å². The van der Waals surface area contributed by atoms with Crippen molar-refractivity contribution in [2.24, 2.45) is 4.99 Å². The van der Waals surface area contributed by atoms with E-state index in [2.05, 4.69) is 77.9 Å². The predicted molar refractivity (Wildman–Crippen MR) is 148 cm³/mol. The average Bonchev–Trinajstić information content (AvgIpc) is 3.08. The van der Waals surface area contributed by atoms with E-state index in [1.165, 1.54) is 16.7 Å². The number of para-hydroxylation sites is 1. The number of nitrogens with one attached hydrogen (secondary N) is 1. The summed E-state index contributed by atoms with van der Waals surface area (Å²) < 4.78 is 0. The van der Waals surface area contributed by atoms with Crippen molar-refractivity contribution < 1.29 is 0 Å². The summed E-state index contributed by atoms with van der Waals surface area (Å²) >= 11 is 1.79. The molecule has 2 heterocycles. The lowest BCUT2D eigenvalue weighted by molar-refractivity contribution is 0.659. The molecule has 0 aliphatic carbocycles. The summed E-state index contributed by atoms with van der Waals surface area (Å²) in [6.07, 6.45) is 3.78. The summed E-state index contributed by atoms with van der Waals surface area (Å²) in [5.74, 6) is 1.45. The van der Waals surface area contributed by atoms with E-state index in [1.54, 1.807) is 11.8 Å². The number of aliphatic imine (C=N–C) groups is 1. The quantitative estimate of drug-likeness (QED) is 0.308. The standard InChI is InChI=1S/C30H28N4S/c1-22-17-18-26(24-13-7-3-8-14-24)33-29(35-21-23-11-5-2-6-12-23)28(22)27-19-20-31-30(34-27)32-25-15-9-4-10-16-25/h2-16,19-20,26H,17-18,21H2,1H3,(H,31,32,34).